The third-order valence-electron chi connectivity index (χ3n) is 2.31. The number of carbonyl (C=O) groups excluding carboxylic acids is 1. The van der Waals surface area contributed by atoms with Crippen molar-refractivity contribution >= 4 is 28.6 Å². The molecule has 0 atom stereocenters. The van der Waals surface area contributed by atoms with Gasteiger partial charge >= 0.3 is 0 Å². The molecule has 2 aromatic rings. The van der Waals surface area contributed by atoms with Gasteiger partial charge in [0, 0.05) is 0 Å². The number of nitrogens with two attached hydrogens (primary N) is 1. The van der Waals surface area contributed by atoms with Gasteiger partial charge in [-0.2, -0.15) is 5.10 Å². The number of amides is 1. The molecule has 20 heavy (non-hydrogen) atoms. The standard InChI is InChI=1S/C12H13N5O2S/c1-19-9-4-2-8(3-5-9)7-14-15-10(18)6-11-16-17-12(13)20-11/h2-5,7H,6H2,1H3,(H2,13,17)(H,15,18)/b14-7+. The zero-order valence-electron chi connectivity index (χ0n) is 10.7. The number of anilines is 1. The molecule has 0 unspecified atom stereocenters. The van der Waals surface area contributed by atoms with Crippen LogP contribution in [0.15, 0.2) is 29.4 Å². The number of nitrogens with one attached hydrogen (secondary N) is 1. The van der Waals surface area contributed by atoms with E-state index in [2.05, 4.69) is 20.7 Å². The molecule has 1 aromatic carbocycles. The second-order valence-electron chi connectivity index (χ2n) is 3.78. The van der Waals surface area contributed by atoms with E-state index in [0.29, 0.717) is 10.1 Å². The van der Waals surface area contributed by atoms with Crippen molar-refractivity contribution in [3.8, 4) is 5.75 Å². The molecule has 2 rings (SSSR count). The maximum atomic E-state index is 11.6. The van der Waals surface area contributed by atoms with Gasteiger partial charge in [0.2, 0.25) is 11.0 Å². The molecule has 3 N–H and O–H groups in total. The van der Waals surface area contributed by atoms with Crippen molar-refractivity contribution in [3.05, 3.63) is 34.8 Å². The van der Waals surface area contributed by atoms with Crippen LogP contribution in [0.5, 0.6) is 5.75 Å². The van der Waals surface area contributed by atoms with Crippen LogP contribution in [-0.2, 0) is 11.2 Å². The lowest BCUT2D eigenvalue weighted by Crippen LogP contribution is -2.19. The molecule has 7 nitrogen and oxygen atoms in total. The minimum absolute atomic E-state index is 0.106. The number of nitrogens with zero attached hydrogens (tertiary/aromatic N) is 3. The smallest absolute Gasteiger partial charge is 0.247 e. The van der Waals surface area contributed by atoms with Crippen LogP contribution in [0.4, 0.5) is 5.13 Å². The Hall–Kier alpha value is -2.48. The van der Waals surface area contributed by atoms with Gasteiger partial charge in [0.05, 0.1) is 19.7 Å². The quantitative estimate of drug-likeness (QED) is 0.627. The summed E-state index contributed by atoms with van der Waals surface area (Å²) in [4.78, 5) is 11.6. The zero-order chi connectivity index (χ0) is 14.4. The summed E-state index contributed by atoms with van der Waals surface area (Å²) in [6, 6.07) is 7.29. The lowest BCUT2D eigenvalue weighted by molar-refractivity contribution is -0.120. The fourth-order valence-corrected chi connectivity index (χ4v) is 1.99. The third kappa shape index (κ3) is 4.02. The Morgan fingerprint density at radius 1 is 1.45 bits per heavy atom. The van der Waals surface area contributed by atoms with Crippen LogP contribution in [0.3, 0.4) is 0 Å². The number of methoxy groups -OCH3 is 1. The monoisotopic (exact) mass is 291 g/mol. The number of hydrogen-bond donors (Lipinski definition) is 2. The number of carbonyl (C=O) groups is 1. The van der Waals surface area contributed by atoms with Gasteiger partial charge in [-0.3, -0.25) is 4.79 Å². The van der Waals surface area contributed by atoms with Crippen LogP contribution >= 0.6 is 11.3 Å². The number of benzene rings is 1. The van der Waals surface area contributed by atoms with Crippen molar-refractivity contribution in [1.29, 1.82) is 0 Å². The molecular formula is C12H13N5O2S. The highest BCUT2D eigenvalue weighted by atomic mass is 32.1. The molecule has 1 aromatic heterocycles. The highest BCUT2D eigenvalue weighted by Crippen LogP contribution is 2.11. The molecule has 0 bridgehead atoms. The first-order valence-electron chi connectivity index (χ1n) is 5.71. The zero-order valence-corrected chi connectivity index (χ0v) is 11.6. The second-order valence-corrected chi connectivity index (χ2v) is 4.87. The first-order chi connectivity index (χ1) is 9.67. The van der Waals surface area contributed by atoms with Crippen molar-refractivity contribution in [2.24, 2.45) is 5.10 Å². The fourth-order valence-electron chi connectivity index (χ4n) is 1.38. The summed E-state index contributed by atoms with van der Waals surface area (Å²) in [6.45, 7) is 0. The highest BCUT2D eigenvalue weighted by molar-refractivity contribution is 7.15. The van der Waals surface area contributed by atoms with E-state index in [4.69, 9.17) is 10.5 Å². The summed E-state index contributed by atoms with van der Waals surface area (Å²) in [7, 11) is 1.60. The van der Waals surface area contributed by atoms with E-state index in [0.717, 1.165) is 11.3 Å². The van der Waals surface area contributed by atoms with E-state index in [-0.39, 0.29) is 12.3 Å². The lowest BCUT2D eigenvalue weighted by atomic mass is 10.2. The molecule has 1 amide bonds. The Kier molecular flexibility index (Phi) is 4.61. The lowest BCUT2D eigenvalue weighted by Gasteiger charge is -1.99. The number of ether oxygens (including phenoxy) is 1. The minimum atomic E-state index is -0.272. The predicted octanol–water partition coefficient (Wildman–Crippen LogP) is 0.822. The van der Waals surface area contributed by atoms with Gasteiger partial charge in [-0.25, -0.2) is 5.43 Å². The summed E-state index contributed by atoms with van der Waals surface area (Å²) < 4.78 is 5.04. The number of nitrogen functional groups attached to an aromatic ring is 1. The summed E-state index contributed by atoms with van der Waals surface area (Å²) in [5.41, 5.74) is 8.70. The van der Waals surface area contributed by atoms with Gasteiger partial charge < -0.3 is 10.5 Å². The maximum absolute atomic E-state index is 11.6. The van der Waals surface area contributed by atoms with E-state index in [1.54, 1.807) is 13.3 Å². The maximum Gasteiger partial charge on any atom is 0.247 e. The van der Waals surface area contributed by atoms with Crippen LogP contribution < -0.4 is 15.9 Å². The average Bonchev–Trinajstić information content (AvgIpc) is 2.85. The summed E-state index contributed by atoms with van der Waals surface area (Å²) in [5.74, 6) is 0.492. The molecule has 0 radical (unpaired) electrons. The third-order valence-corrected chi connectivity index (χ3v) is 3.07. The molecule has 0 saturated heterocycles. The first-order valence-corrected chi connectivity index (χ1v) is 6.53. The Balaban J connectivity index is 1.84. The van der Waals surface area contributed by atoms with Crippen LogP contribution in [0, 0.1) is 0 Å². The summed E-state index contributed by atoms with van der Waals surface area (Å²) >= 11 is 1.18. The second kappa shape index (κ2) is 6.62. The molecule has 0 aliphatic carbocycles. The highest BCUT2D eigenvalue weighted by Gasteiger charge is 2.06. The van der Waals surface area contributed by atoms with Crippen LogP contribution in [0.1, 0.15) is 10.6 Å². The Morgan fingerprint density at radius 3 is 2.80 bits per heavy atom. The van der Waals surface area contributed by atoms with Crippen molar-refractivity contribution in [2.75, 3.05) is 12.8 Å². The number of rotatable bonds is 5. The average molecular weight is 291 g/mol. The van der Waals surface area contributed by atoms with Crippen molar-refractivity contribution < 1.29 is 9.53 Å². The van der Waals surface area contributed by atoms with Crippen LogP contribution in [0.25, 0.3) is 0 Å². The Morgan fingerprint density at radius 2 is 2.20 bits per heavy atom. The minimum Gasteiger partial charge on any atom is -0.497 e. The van der Waals surface area contributed by atoms with Crippen LogP contribution in [-0.4, -0.2) is 29.4 Å². The largest absolute Gasteiger partial charge is 0.497 e. The van der Waals surface area contributed by atoms with E-state index < -0.39 is 0 Å². The molecule has 0 aliphatic rings. The van der Waals surface area contributed by atoms with Crippen molar-refractivity contribution in [2.45, 2.75) is 6.42 Å². The molecule has 0 saturated carbocycles. The Bertz CT molecular complexity index is 609. The molecule has 0 fully saturated rings. The molecule has 0 aliphatic heterocycles. The first kappa shape index (κ1) is 13.9. The normalized spacial score (nSPS) is 10.7. The molecule has 0 spiro atoms. The summed E-state index contributed by atoms with van der Waals surface area (Å²) in [5, 5.41) is 12.1. The van der Waals surface area contributed by atoms with E-state index in [9.17, 15) is 4.79 Å². The van der Waals surface area contributed by atoms with Crippen molar-refractivity contribution in [3.63, 3.8) is 0 Å². The SMILES string of the molecule is COc1ccc(/C=N/NC(=O)Cc2nnc(N)s2)cc1. The predicted molar refractivity (Wildman–Crippen MR) is 76.8 cm³/mol. The molecule has 8 heteroatoms. The van der Waals surface area contributed by atoms with E-state index >= 15 is 0 Å². The van der Waals surface area contributed by atoms with Gasteiger partial charge in [0.1, 0.15) is 10.8 Å². The summed E-state index contributed by atoms with van der Waals surface area (Å²) in [6.07, 6.45) is 1.65. The van der Waals surface area contributed by atoms with Gasteiger partial charge in [0.15, 0.2) is 0 Å². The molecular weight excluding hydrogens is 278 g/mol. The van der Waals surface area contributed by atoms with Crippen molar-refractivity contribution in [1.82, 2.24) is 15.6 Å². The fraction of sp³-hybridized carbons (Fsp3) is 0.167. The topological polar surface area (TPSA) is 102 Å². The van der Waals surface area contributed by atoms with Gasteiger partial charge in [-0.05, 0) is 29.8 Å². The van der Waals surface area contributed by atoms with Gasteiger partial charge in [-0.1, -0.05) is 11.3 Å². The van der Waals surface area contributed by atoms with E-state index in [1.165, 1.54) is 11.3 Å². The number of aromatic nitrogens is 2. The van der Waals surface area contributed by atoms with Crippen LogP contribution in [0.2, 0.25) is 0 Å². The van der Waals surface area contributed by atoms with Gasteiger partial charge in [-0.15, -0.1) is 10.2 Å². The van der Waals surface area contributed by atoms with E-state index in [1.807, 2.05) is 24.3 Å². The molecule has 1 heterocycles. The van der Waals surface area contributed by atoms with Gasteiger partial charge in [0.25, 0.3) is 0 Å². The number of hydrogen-bond acceptors (Lipinski definition) is 7. The number of hydrazone groups is 1. The molecule has 104 valence electrons. The Labute approximate surface area is 119 Å².